The van der Waals surface area contributed by atoms with Gasteiger partial charge in [0.15, 0.2) is 5.82 Å². The van der Waals surface area contributed by atoms with Crippen molar-refractivity contribution in [3.8, 4) is 0 Å². The minimum Gasteiger partial charge on any atom is -0.395 e. The maximum absolute atomic E-state index is 13.5. The molecule has 1 N–H and O–H groups in total. The summed E-state index contributed by atoms with van der Waals surface area (Å²) >= 11 is 0. The molecule has 7 heteroatoms. The lowest BCUT2D eigenvalue weighted by atomic mass is 9.93. The van der Waals surface area contributed by atoms with Gasteiger partial charge < -0.3 is 5.11 Å². The largest absolute Gasteiger partial charge is 0.395 e. The van der Waals surface area contributed by atoms with E-state index in [1.165, 1.54) is 12.3 Å². The second kappa shape index (κ2) is 5.29. The van der Waals surface area contributed by atoms with Crippen LogP contribution in [0.15, 0.2) is 23.4 Å². The lowest BCUT2D eigenvalue weighted by Gasteiger charge is -2.35. The van der Waals surface area contributed by atoms with E-state index in [9.17, 15) is 12.8 Å². The molecule has 0 unspecified atom stereocenters. The lowest BCUT2D eigenvalue weighted by molar-refractivity contribution is 0.177. The van der Waals surface area contributed by atoms with Gasteiger partial charge in [-0.15, -0.1) is 0 Å². The molecule has 1 aromatic rings. The molecule has 18 heavy (non-hydrogen) atoms. The quantitative estimate of drug-likeness (QED) is 0.860. The van der Waals surface area contributed by atoms with E-state index in [4.69, 9.17) is 5.11 Å². The second-order valence-corrected chi connectivity index (χ2v) is 6.02. The summed E-state index contributed by atoms with van der Waals surface area (Å²) in [7, 11) is -3.97. The van der Waals surface area contributed by atoms with Crippen LogP contribution in [-0.2, 0) is 10.0 Å². The topological polar surface area (TPSA) is 70.5 Å². The maximum Gasteiger partial charge on any atom is 0.263 e. The summed E-state index contributed by atoms with van der Waals surface area (Å²) in [6.07, 6.45) is 3.68. The molecule has 5 nitrogen and oxygen atoms in total. The van der Waals surface area contributed by atoms with Crippen molar-refractivity contribution < 1.29 is 17.9 Å². The van der Waals surface area contributed by atoms with Crippen LogP contribution in [0.25, 0.3) is 0 Å². The van der Waals surface area contributed by atoms with Crippen molar-refractivity contribution in [3.05, 3.63) is 24.1 Å². The molecule has 1 heterocycles. The Labute approximate surface area is 105 Å². The Morgan fingerprint density at radius 2 is 2.22 bits per heavy atom. The maximum atomic E-state index is 13.5. The molecule has 0 saturated heterocycles. The van der Waals surface area contributed by atoms with Gasteiger partial charge in [0, 0.05) is 18.8 Å². The number of pyridine rings is 1. The molecule has 1 aliphatic rings. The van der Waals surface area contributed by atoms with Gasteiger partial charge in [0.2, 0.25) is 5.03 Å². The van der Waals surface area contributed by atoms with Crippen LogP contribution in [-0.4, -0.2) is 42.0 Å². The fraction of sp³-hybridized carbons (Fsp3) is 0.545. The van der Waals surface area contributed by atoms with Gasteiger partial charge in [-0.1, -0.05) is 6.42 Å². The summed E-state index contributed by atoms with van der Waals surface area (Å²) in [5.41, 5.74) is 0. The molecular weight excluding hydrogens is 259 g/mol. The number of aromatic nitrogens is 1. The van der Waals surface area contributed by atoms with E-state index in [0.717, 1.165) is 29.6 Å². The molecule has 0 spiro atoms. The number of aliphatic hydroxyl groups excluding tert-OH is 1. The summed E-state index contributed by atoms with van der Waals surface area (Å²) in [5, 5.41) is 8.40. The van der Waals surface area contributed by atoms with Crippen molar-refractivity contribution >= 4 is 10.0 Å². The van der Waals surface area contributed by atoms with Crippen molar-refractivity contribution in [3.63, 3.8) is 0 Å². The number of hydrogen-bond acceptors (Lipinski definition) is 4. The fourth-order valence-corrected chi connectivity index (χ4v) is 3.60. The van der Waals surface area contributed by atoms with Crippen molar-refractivity contribution in [1.29, 1.82) is 0 Å². The minimum absolute atomic E-state index is 0.0248. The van der Waals surface area contributed by atoms with Gasteiger partial charge >= 0.3 is 0 Å². The molecule has 0 atom stereocenters. The molecule has 0 aliphatic heterocycles. The molecular formula is C11H15FN2O3S. The molecule has 1 aromatic heterocycles. The van der Waals surface area contributed by atoms with Crippen molar-refractivity contribution in [2.45, 2.75) is 30.3 Å². The molecule has 1 aliphatic carbocycles. The monoisotopic (exact) mass is 274 g/mol. The third-order valence-electron chi connectivity index (χ3n) is 3.08. The van der Waals surface area contributed by atoms with Gasteiger partial charge in [-0.2, -0.15) is 4.31 Å². The number of sulfonamides is 1. The van der Waals surface area contributed by atoms with E-state index in [-0.39, 0.29) is 19.2 Å². The highest BCUT2D eigenvalue weighted by Crippen LogP contribution is 2.29. The van der Waals surface area contributed by atoms with Crippen LogP contribution in [0.3, 0.4) is 0 Å². The zero-order valence-electron chi connectivity index (χ0n) is 9.79. The average Bonchev–Trinajstić information content (AvgIpc) is 2.26. The van der Waals surface area contributed by atoms with Gasteiger partial charge in [0.1, 0.15) is 0 Å². The predicted molar refractivity (Wildman–Crippen MR) is 62.8 cm³/mol. The first-order chi connectivity index (χ1) is 8.57. The van der Waals surface area contributed by atoms with Gasteiger partial charge in [0.05, 0.1) is 6.61 Å². The van der Waals surface area contributed by atoms with Crippen molar-refractivity contribution in [1.82, 2.24) is 9.29 Å². The minimum atomic E-state index is -3.97. The highest BCUT2D eigenvalue weighted by Gasteiger charge is 2.36. The Bertz CT molecular complexity index is 517. The van der Waals surface area contributed by atoms with Crippen LogP contribution in [0.4, 0.5) is 4.39 Å². The summed E-state index contributed by atoms with van der Waals surface area (Å²) in [4.78, 5) is 3.61. The van der Waals surface area contributed by atoms with Crippen LogP contribution in [0, 0.1) is 5.82 Å². The zero-order valence-corrected chi connectivity index (χ0v) is 10.6. The van der Waals surface area contributed by atoms with Crippen molar-refractivity contribution in [2.24, 2.45) is 0 Å². The smallest absolute Gasteiger partial charge is 0.263 e. The lowest BCUT2D eigenvalue weighted by Crippen LogP contribution is -2.46. The summed E-state index contributed by atoms with van der Waals surface area (Å²) in [6, 6.07) is 2.26. The SMILES string of the molecule is O=S(=O)(c1ncccc1F)N(CCO)C1CCC1. The molecule has 0 aromatic carbocycles. The zero-order chi connectivity index (χ0) is 13.2. The van der Waals surface area contributed by atoms with E-state index < -0.39 is 20.9 Å². The Morgan fingerprint density at radius 3 is 2.72 bits per heavy atom. The Kier molecular flexibility index (Phi) is 3.94. The Morgan fingerprint density at radius 1 is 1.50 bits per heavy atom. The van der Waals surface area contributed by atoms with E-state index >= 15 is 0 Å². The molecule has 1 fully saturated rings. The Hall–Kier alpha value is -1.05. The van der Waals surface area contributed by atoms with Crippen LogP contribution in [0.2, 0.25) is 0 Å². The number of nitrogens with zero attached hydrogens (tertiary/aromatic N) is 2. The van der Waals surface area contributed by atoms with E-state index in [1.807, 2.05) is 0 Å². The first kappa shape index (κ1) is 13.4. The molecule has 0 radical (unpaired) electrons. The molecule has 0 amide bonds. The summed E-state index contributed by atoms with van der Waals surface area (Å²) in [5.74, 6) is -0.861. The standard InChI is InChI=1S/C11H15FN2O3S/c12-10-5-2-6-13-11(10)18(16,17)14(7-8-15)9-3-1-4-9/h2,5-6,9,15H,1,3-4,7-8H2. The molecule has 100 valence electrons. The number of halogens is 1. The number of aliphatic hydroxyl groups is 1. The highest BCUT2D eigenvalue weighted by molar-refractivity contribution is 7.89. The van der Waals surface area contributed by atoms with E-state index in [2.05, 4.69) is 4.98 Å². The van der Waals surface area contributed by atoms with E-state index in [0.29, 0.717) is 0 Å². The first-order valence-electron chi connectivity index (χ1n) is 5.80. The van der Waals surface area contributed by atoms with Crippen LogP contribution in [0.5, 0.6) is 0 Å². The predicted octanol–water partition coefficient (Wildman–Crippen LogP) is 0.756. The fourth-order valence-electron chi connectivity index (χ4n) is 1.94. The molecule has 0 bridgehead atoms. The third kappa shape index (κ3) is 2.38. The van der Waals surface area contributed by atoms with Gasteiger partial charge in [0.25, 0.3) is 10.0 Å². The number of rotatable bonds is 5. The van der Waals surface area contributed by atoms with Crippen LogP contribution >= 0.6 is 0 Å². The van der Waals surface area contributed by atoms with Gasteiger partial charge in [-0.25, -0.2) is 17.8 Å². The Balaban J connectivity index is 2.36. The first-order valence-corrected chi connectivity index (χ1v) is 7.24. The highest BCUT2D eigenvalue weighted by atomic mass is 32.2. The second-order valence-electron chi connectivity index (χ2n) is 4.21. The average molecular weight is 274 g/mol. The normalized spacial score (nSPS) is 16.8. The van der Waals surface area contributed by atoms with Gasteiger partial charge in [-0.05, 0) is 25.0 Å². The summed E-state index contributed by atoms with van der Waals surface area (Å²) < 4.78 is 39.3. The number of hydrogen-bond donors (Lipinski definition) is 1. The third-order valence-corrected chi connectivity index (χ3v) is 4.97. The van der Waals surface area contributed by atoms with E-state index in [1.54, 1.807) is 0 Å². The van der Waals surface area contributed by atoms with Crippen LogP contribution in [0.1, 0.15) is 19.3 Å². The van der Waals surface area contributed by atoms with Crippen LogP contribution < -0.4 is 0 Å². The summed E-state index contributed by atoms with van der Waals surface area (Å²) in [6.45, 7) is -0.312. The molecule has 2 rings (SSSR count). The molecule has 1 saturated carbocycles. The van der Waals surface area contributed by atoms with Crippen molar-refractivity contribution in [2.75, 3.05) is 13.2 Å². The van der Waals surface area contributed by atoms with Gasteiger partial charge in [-0.3, -0.25) is 0 Å².